The van der Waals surface area contributed by atoms with Crippen molar-refractivity contribution in [3.05, 3.63) is 23.0 Å². The van der Waals surface area contributed by atoms with Crippen LogP contribution in [0.2, 0.25) is 0 Å². The van der Waals surface area contributed by atoms with Gasteiger partial charge in [-0.05, 0) is 56.9 Å². The number of pyridine rings is 1. The Balaban J connectivity index is 1.84. The minimum absolute atomic E-state index is 0.454. The van der Waals surface area contributed by atoms with Gasteiger partial charge in [0.25, 0.3) is 0 Å². The molecule has 2 N–H and O–H groups in total. The zero-order valence-electron chi connectivity index (χ0n) is 13.2. The molecule has 3 atom stereocenters. The van der Waals surface area contributed by atoms with Crippen molar-refractivity contribution >= 4 is 22.9 Å². The number of nitrogens with two attached hydrogens (primary N) is 1. The first-order valence-electron chi connectivity index (χ1n) is 7.95. The topological polar surface area (TPSA) is 42.1 Å². The summed E-state index contributed by atoms with van der Waals surface area (Å²) in [6.07, 6.45) is 5.74. The zero-order valence-corrected chi connectivity index (χ0v) is 14.0. The number of fused-ring (bicyclic) bond motifs is 2. The fourth-order valence-corrected chi connectivity index (χ4v) is 4.72. The summed E-state index contributed by atoms with van der Waals surface area (Å²) in [6.45, 7) is 5.14. The first kappa shape index (κ1) is 14.8. The maximum absolute atomic E-state index is 5.94. The van der Waals surface area contributed by atoms with Gasteiger partial charge in [-0.2, -0.15) is 0 Å². The second-order valence-corrected chi connectivity index (χ2v) is 7.36. The third kappa shape index (κ3) is 2.78. The van der Waals surface area contributed by atoms with E-state index in [0.29, 0.717) is 4.99 Å². The summed E-state index contributed by atoms with van der Waals surface area (Å²) >= 11 is 5.25. The minimum atomic E-state index is 0.454. The van der Waals surface area contributed by atoms with Gasteiger partial charge in [-0.1, -0.05) is 18.6 Å². The summed E-state index contributed by atoms with van der Waals surface area (Å²) in [5.41, 5.74) is 10.0. The predicted molar refractivity (Wildman–Crippen MR) is 91.8 cm³/mol. The standard InChI is InChI=1S/C17H25N3S/c1-10-6-15(16(17(18)21)11(2)19-10)20(3)9-14-8-12-4-5-13(14)7-12/h6,12-14H,4-5,7-9H2,1-3H3,(H2,18,21). The van der Waals surface area contributed by atoms with E-state index in [1.54, 1.807) is 0 Å². The van der Waals surface area contributed by atoms with Gasteiger partial charge in [0.15, 0.2) is 0 Å². The van der Waals surface area contributed by atoms with Crippen LogP contribution in [0, 0.1) is 31.6 Å². The molecule has 0 aromatic carbocycles. The van der Waals surface area contributed by atoms with E-state index in [9.17, 15) is 0 Å². The van der Waals surface area contributed by atoms with Crippen molar-refractivity contribution in [3.63, 3.8) is 0 Å². The second-order valence-electron chi connectivity index (χ2n) is 6.92. The van der Waals surface area contributed by atoms with Gasteiger partial charge in [0.1, 0.15) is 4.99 Å². The Morgan fingerprint density at radius 1 is 1.38 bits per heavy atom. The second kappa shape index (κ2) is 5.56. The molecule has 1 aromatic rings. The number of anilines is 1. The third-order valence-corrected chi connectivity index (χ3v) is 5.56. The summed E-state index contributed by atoms with van der Waals surface area (Å²) in [5.74, 6) is 2.76. The van der Waals surface area contributed by atoms with Crippen molar-refractivity contribution < 1.29 is 0 Å². The maximum atomic E-state index is 5.94. The molecule has 2 aliphatic carbocycles. The average molecular weight is 303 g/mol. The van der Waals surface area contributed by atoms with Crippen LogP contribution >= 0.6 is 12.2 Å². The van der Waals surface area contributed by atoms with Crippen LogP contribution in [0.25, 0.3) is 0 Å². The highest BCUT2D eigenvalue weighted by atomic mass is 32.1. The maximum Gasteiger partial charge on any atom is 0.107 e. The van der Waals surface area contributed by atoms with Crippen LogP contribution in [-0.4, -0.2) is 23.6 Å². The van der Waals surface area contributed by atoms with Crippen molar-refractivity contribution in [1.82, 2.24) is 4.98 Å². The van der Waals surface area contributed by atoms with Crippen molar-refractivity contribution in [1.29, 1.82) is 0 Å². The molecule has 3 unspecified atom stereocenters. The lowest BCUT2D eigenvalue weighted by Crippen LogP contribution is -2.31. The number of aryl methyl sites for hydroxylation is 2. The predicted octanol–water partition coefficient (Wildman–Crippen LogP) is 3.21. The first-order valence-corrected chi connectivity index (χ1v) is 8.35. The molecule has 2 bridgehead atoms. The Morgan fingerprint density at radius 2 is 2.14 bits per heavy atom. The molecule has 3 nitrogen and oxygen atoms in total. The molecule has 3 rings (SSSR count). The molecule has 1 aromatic heterocycles. The molecule has 0 amide bonds. The van der Waals surface area contributed by atoms with Gasteiger partial charge < -0.3 is 10.6 Å². The molecule has 21 heavy (non-hydrogen) atoms. The van der Waals surface area contributed by atoms with E-state index < -0.39 is 0 Å². The fraction of sp³-hybridized carbons (Fsp3) is 0.647. The van der Waals surface area contributed by atoms with Gasteiger partial charge in [-0.25, -0.2) is 0 Å². The molecule has 4 heteroatoms. The van der Waals surface area contributed by atoms with Crippen molar-refractivity contribution in [2.24, 2.45) is 23.5 Å². The van der Waals surface area contributed by atoms with Crippen LogP contribution in [0.4, 0.5) is 5.69 Å². The zero-order chi connectivity index (χ0) is 15.1. The normalized spacial score (nSPS) is 27.1. The lowest BCUT2D eigenvalue weighted by molar-refractivity contribution is 0.337. The Morgan fingerprint density at radius 3 is 2.71 bits per heavy atom. The van der Waals surface area contributed by atoms with Crippen LogP contribution in [0.1, 0.15) is 42.6 Å². The molecule has 0 saturated heterocycles. The Labute approximate surface area is 132 Å². The van der Waals surface area contributed by atoms with Crippen LogP contribution in [0.3, 0.4) is 0 Å². The molecule has 1 heterocycles. The van der Waals surface area contributed by atoms with E-state index in [1.807, 2.05) is 13.8 Å². The molecule has 2 fully saturated rings. The van der Waals surface area contributed by atoms with Gasteiger partial charge in [0.05, 0.1) is 11.3 Å². The fourth-order valence-electron chi connectivity index (χ4n) is 4.46. The lowest BCUT2D eigenvalue weighted by atomic mass is 9.88. The number of hydrogen-bond donors (Lipinski definition) is 1. The van der Waals surface area contributed by atoms with Gasteiger partial charge in [-0.15, -0.1) is 0 Å². The van der Waals surface area contributed by atoms with Gasteiger partial charge in [0, 0.05) is 25.0 Å². The van der Waals surface area contributed by atoms with Crippen LogP contribution in [-0.2, 0) is 0 Å². The summed E-state index contributed by atoms with van der Waals surface area (Å²) in [5, 5.41) is 0. The van der Waals surface area contributed by atoms with Gasteiger partial charge in [-0.3, -0.25) is 4.98 Å². The monoisotopic (exact) mass is 303 g/mol. The van der Waals surface area contributed by atoms with E-state index in [4.69, 9.17) is 18.0 Å². The minimum Gasteiger partial charge on any atom is -0.389 e. The molecule has 2 aliphatic rings. The molecular formula is C17H25N3S. The molecule has 0 radical (unpaired) electrons. The molecule has 114 valence electrons. The van der Waals surface area contributed by atoms with Crippen molar-refractivity contribution in [2.75, 3.05) is 18.5 Å². The Kier molecular flexibility index (Phi) is 3.91. The van der Waals surface area contributed by atoms with E-state index in [-0.39, 0.29) is 0 Å². The summed E-state index contributed by atoms with van der Waals surface area (Å²) in [7, 11) is 2.17. The number of nitrogens with zero attached hydrogens (tertiary/aromatic N) is 2. The highest BCUT2D eigenvalue weighted by Crippen LogP contribution is 2.48. The van der Waals surface area contributed by atoms with Crippen LogP contribution in [0.15, 0.2) is 6.07 Å². The SMILES string of the molecule is Cc1cc(N(C)CC2CC3CCC2C3)c(C(N)=S)c(C)n1. The summed E-state index contributed by atoms with van der Waals surface area (Å²) in [6, 6.07) is 2.12. The molecular weight excluding hydrogens is 278 g/mol. The highest BCUT2D eigenvalue weighted by molar-refractivity contribution is 7.80. The van der Waals surface area contributed by atoms with Crippen LogP contribution in [0.5, 0.6) is 0 Å². The number of rotatable bonds is 4. The first-order chi connectivity index (χ1) is 9.95. The van der Waals surface area contributed by atoms with E-state index in [1.165, 1.54) is 25.7 Å². The lowest BCUT2D eigenvalue weighted by Gasteiger charge is -2.30. The molecule has 0 aliphatic heterocycles. The summed E-state index contributed by atoms with van der Waals surface area (Å²) in [4.78, 5) is 7.32. The smallest absolute Gasteiger partial charge is 0.107 e. The van der Waals surface area contributed by atoms with Crippen LogP contribution < -0.4 is 10.6 Å². The van der Waals surface area contributed by atoms with E-state index in [0.717, 1.165) is 46.9 Å². The van der Waals surface area contributed by atoms with E-state index in [2.05, 4.69) is 23.0 Å². The highest BCUT2D eigenvalue weighted by Gasteiger charge is 2.39. The largest absolute Gasteiger partial charge is 0.389 e. The quantitative estimate of drug-likeness (QED) is 0.867. The van der Waals surface area contributed by atoms with Gasteiger partial charge in [0.2, 0.25) is 0 Å². The molecule has 2 saturated carbocycles. The summed E-state index contributed by atoms with van der Waals surface area (Å²) < 4.78 is 0. The third-order valence-electron chi connectivity index (χ3n) is 5.36. The Bertz CT molecular complexity index is 569. The van der Waals surface area contributed by atoms with Crippen molar-refractivity contribution in [2.45, 2.75) is 39.5 Å². The average Bonchev–Trinajstić information content (AvgIpc) is 2.99. The van der Waals surface area contributed by atoms with Crippen molar-refractivity contribution in [3.8, 4) is 0 Å². The van der Waals surface area contributed by atoms with Gasteiger partial charge >= 0.3 is 0 Å². The molecule has 0 spiro atoms. The van der Waals surface area contributed by atoms with E-state index >= 15 is 0 Å². The number of hydrogen-bond acceptors (Lipinski definition) is 3. The number of thiocarbonyl (C=S) groups is 1. The Hall–Kier alpha value is -1.16. The number of aromatic nitrogens is 1.